The number of nitrogens with two attached hydrogens (primary N) is 1. The standard InChI is InChI=1S/C11H15N5O4/c12-8-5-9(14-3-13-5)15-4-16(8)10-6-7(18)11(1-17,20-10)2-19-6/h3-4,6-8,10,17-18H,1-2,12H2,(H,13,14)/t6-,7+,8?,10-,11+/m1/s1. The second-order valence-corrected chi connectivity index (χ2v) is 5.23. The van der Waals surface area contributed by atoms with Crippen LogP contribution in [0.1, 0.15) is 11.9 Å². The van der Waals surface area contributed by atoms with Crippen LogP contribution in [0.2, 0.25) is 0 Å². The van der Waals surface area contributed by atoms with Gasteiger partial charge in [0.2, 0.25) is 0 Å². The second kappa shape index (κ2) is 3.99. The largest absolute Gasteiger partial charge is 0.393 e. The van der Waals surface area contributed by atoms with E-state index in [1.165, 1.54) is 12.7 Å². The molecule has 5 atom stereocenters. The number of imidazole rings is 1. The molecule has 2 bridgehead atoms. The molecule has 0 amide bonds. The molecule has 0 spiro atoms. The normalized spacial score (nSPS) is 42.2. The molecule has 2 saturated heterocycles. The van der Waals surface area contributed by atoms with Crippen LogP contribution in [-0.4, -0.2) is 68.7 Å². The van der Waals surface area contributed by atoms with Gasteiger partial charge in [-0.05, 0) is 0 Å². The topological polar surface area (TPSA) is 129 Å². The lowest BCUT2D eigenvalue weighted by atomic mass is 10.0. The van der Waals surface area contributed by atoms with Crippen molar-refractivity contribution in [2.24, 2.45) is 10.7 Å². The van der Waals surface area contributed by atoms with Gasteiger partial charge in [-0.25, -0.2) is 9.98 Å². The van der Waals surface area contributed by atoms with Gasteiger partial charge in [0.05, 0.1) is 31.6 Å². The maximum Gasteiger partial charge on any atom is 0.178 e. The molecule has 108 valence electrons. The van der Waals surface area contributed by atoms with Gasteiger partial charge in [-0.2, -0.15) is 0 Å². The Hall–Kier alpha value is -1.52. The number of hydrogen-bond acceptors (Lipinski definition) is 8. The summed E-state index contributed by atoms with van der Waals surface area (Å²) in [5, 5.41) is 19.6. The highest BCUT2D eigenvalue weighted by Crippen LogP contribution is 2.43. The summed E-state index contributed by atoms with van der Waals surface area (Å²) in [5.74, 6) is 0.537. The fourth-order valence-electron chi connectivity index (χ4n) is 2.95. The predicted octanol–water partition coefficient (Wildman–Crippen LogP) is -1.81. The van der Waals surface area contributed by atoms with E-state index >= 15 is 0 Å². The van der Waals surface area contributed by atoms with Crippen LogP contribution in [0.15, 0.2) is 11.3 Å². The molecule has 9 nitrogen and oxygen atoms in total. The molecular formula is C11H15N5O4. The minimum Gasteiger partial charge on any atom is -0.393 e. The van der Waals surface area contributed by atoms with Crippen LogP contribution in [0.5, 0.6) is 0 Å². The molecule has 3 aliphatic rings. The van der Waals surface area contributed by atoms with Crippen LogP contribution in [-0.2, 0) is 9.47 Å². The van der Waals surface area contributed by atoms with Gasteiger partial charge in [0.15, 0.2) is 12.0 Å². The predicted molar refractivity (Wildman–Crippen MR) is 65.9 cm³/mol. The summed E-state index contributed by atoms with van der Waals surface area (Å²) < 4.78 is 11.3. The molecule has 2 fully saturated rings. The molecule has 9 heteroatoms. The first-order chi connectivity index (χ1) is 9.66. The van der Waals surface area contributed by atoms with Crippen molar-refractivity contribution in [2.75, 3.05) is 13.2 Å². The van der Waals surface area contributed by atoms with E-state index in [1.54, 1.807) is 4.90 Å². The zero-order chi connectivity index (χ0) is 13.9. The Morgan fingerprint density at radius 3 is 3.20 bits per heavy atom. The van der Waals surface area contributed by atoms with E-state index < -0.39 is 30.2 Å². The molecule has 1 aromatic heterocycles. The number of rotatable bonds is 2. The van der Waals surface area contributed by atoms with Gasteiger partial charge in [0, 0.05) is 0 Å². The number of aliphatic hydroxyl groups is 2. The molecule has 4 heterocycles. The number of aliphatic imine (C=N–C) groups is 1. The molecule has 5 N–H and O–H groups in total. The Labute approximate surface area is 114 Å². The van der Waals surface area contributed by atoms with Crippen molar-refractivity contribution < 1.29 is 19.7 Å². The summed E-state index contributed by atoms with van der Waals surface area (Å²) >= 11 is 0. The van der Waals surface area contributed by atoms with Crippen molar-refractivity contribution in [1.29, 1.82) is 0 Å². The maximum absolute atomic E-state index is 10.2. The number of aromatic nitrogens is 2. The third-order valence-corrected chi connectivity index (χ3v) is 4.15. The summed E-state index contributed by atoms with van der Waals surface area (Å²) in [6.07, 6.45) is 0.473. The smallest absolute Gasteiger partial charge is 0.178 e. The lowest BCUT2D eigenvalue weighted by Gasteiger charge is -2.38. The highest BCUT2D eigenvalue weighted by molar-refractivity contribution is 5.65. The van der Waals surface area contributed by atoms with Gasteiger partial charge in [0.1, 0.15) is 24.0 Å². The number of H-pyrrole nitrogens is 1. The summed E-state index contributed by atoms with van der Waals surface area (Å²) in [6, 6.07) is 0. The molecule has 20 heavy (non-hydrogen) atoms. The summed E-state index contributed by atoms with van der Waals surface area (Å²) in [4.78, 5) is 12.8. The van der Waals surface area contributed by atoms with Crippen LogP contribution < -0.4 is 5.73 Å². The molecule has 3 aliphatic heterocycles. The summed E-state index contributed by atoms with van der Waals surface area (Å²) in [7, 11) is 0. The number of ether oxygens (including phenoxy) is 2. The number of aliphatic hydroxyl groups excluding tert-OH is 2. The fourth-order valence-corrected chi connectivity index (χ4v) is 2.95. The van der Waals surface area contributed by atoms with E-state index in [-0.39, 0.29) is 13.2 Å². The van der Waals surface area contributed by atoms with Crippen molar-refractivity contribution >= 4 is 12.2 Å². The van der Waals surface area contributed by atoms with Crippen molar-refractivity contribution in [3.8, 4) is 0 Å². The van der Waals surface area contributed by atoms with Gasteiger partial charge in [0.25, 0.3) is 0 Å². The minimum absolute atomic E-state index is 0.168. The second-order valence-electron chi connectivity index (χ2n) is 5.23. The van der Waals surface area contributed by atoms with Crippen molar-refractivity contribution in [3.05, 3.63) is 12.0 Å². The first-order valence-corrected chi connectivity index (χ1v) is 6.35. The Kier molecular flexibility index (Phi) is 2.44. The average molecular weight is 281 g/mol. The lowest BCUT2D eigenvalue weighted by molar-refractivity contribution is -0.198. The Morgan fingerprint density at radius 2 is 2.45 bits per heavy atom. The quantitative estimate of drug-likeness (QED) is 0.502. The number of nitrogens with one attached hydrogen (secondary N) is 1. The van der Waals surface area contributed by atoms with Gasteiger partial charge in [-0.1, -0.05) is 0 Å². The molecule has 1 aromatic rings. The van der Waals surface area contributed by atoms with Gasteiger partial charge in [-0.15, -0.1) is 0 Å². The first-order valence-electron chi connectivity index (χ1n) is 6.35. The molecular weight excluding hydrogens is 266 g/mol. The monoisotopic (exact) mass is 281 g/mol. The highest BCUT2D eigenvalue weighted by atomic mass is 16.7. The Bertz CT molecular complexity index is 563. The van der Waals surface area contributed by atoms with Crippen LogP contribution in [0, 0.1) is 0 Å². The van der Waals surface area contributed by atoms with Gasteiger partial charge in [-0.3, -0.25) is 0 Å². The van der Waals surface area contributed by atoms with E-state index in [9.17, 15) is 10.2 Å². The maximum atomic E-state index is 10.2. The van der Waals surface area contributed by atoms with Crippen molar-refractivity contribution in [3.63, 3.8) is 0 Å². The van der Waals surface area contributed by atoms with E-state index in [0.29, 0.717) is 11.5 Å². The van der Waals surface area contributed by atoms with Crippen LogP contribution in [0.3, 0.4) is 0 Å². The summed E-state index contributed by atoms with van der Waals surface area (Å²) in [5.41, 5.74) is 5.76. The zero-order valence-electron chi connectivity index (χ0n) is 10.5. The molecule has 0 aliphatic carbocycles. The Morgan fingerprint density at radius 1 is 1.60 bits per heavy atom. The minimum atomic E-state index is -1.07. The third kappa shape index (κ3) is 1.38. The van der Waals surface area contributed by atoms with E-state index in [1.807, 2.05) is 0 Å². The number of fused-ring (bicyclic) bond motifs is 3. The average Bonchev–Trinajstić information content (AvgIpc) is 3.13. The molecule has 0 saturated carbocycles. The SMILES string of the molecule is NC1c2[nH]cnc2N=CN1[C@@H]1O[C@@]2(CO)CO[C@@H]1[C@@H]2O. The van der Waals surface area contributed by atoms with Crippen LogP contribution >= 0.6 is 0 Å². The van der Waals surface area contributed by atoms with E-state index in [2.05, 4.69) is 15.0 Å². The molecule has 1 unspecified atom stereocenters. The van der Waals surface area contributed by atoms with E-state index in [4.69, 9.17) is 15.2 Å². The van der Waals surface area contributed by atoms with Gasteiger partial charge < -0.3 is 35.3 Å². The molecule has 0 radical (unpaired) electrons. The van der Waals surface area contributed by atoms with Crippen LogP contribution in [0.4, 0.5) is 5.82 Å². The first kappa shape index (κ1) is 12.2. The fraction of sp³-hybridized carbons (Fsp3) is 0.636. The molecule has 0 aromatic carbocycles. The zero-order valence-corrected chi connectivity index (χ0v) is 10.5. The number of nitrogens with zero attached hydrogens (tertiary/aromatic N) is 3. The third-order valence-electron chi connectivity index (χ3n) is 4.15. The molecule has 4 rings (SSSR count). The van der Waals surface area contributed by atoms with Crippen LogP contribution in [0.25, 0.3) is 0 Å². The Balaban J connectivity index is 1.64. The number of hydrogen-bond donors (Lipinski definition) is 4. The van der Waals surface area contributed by atoms with Gasteiger partial charge >= 0.3 is 0 Å². The highest BCUT2D eigenvalue weighted by Gasteiger charge is 2.62. The number of aromatic amines is 1. The lowest BCUT2D eigenvalue weighted by Crippen LogP contribution is -2.51. The van der Waals surface area contributed by atoms with Crippen molar-refractivity contribution in [2.45, 2.75) is 30.2 Å². The summed E-state index contributed by atoms with van der Waals surface area (Å²) in [6.45, 7) is -0.141. The van der Waals surface area contributed by atoms with Crippen molar-refractivity contribution in [1.82, 2.24) is 14.9 Å². The van der Waals surface area contributed by atoms with E-state index in [0.717, 1.165) is 0 Å².